The van der Waals surface area contributed by atoms with Gasteiger partial charge >= 0.3 is 0 Å². The quantitative estimate of drug-likeness (QED) is 0.582. The fourth-order valence-electron chi connectivity index (χ4n) is 1.13. The van der Waals surface area contributed by atoms with E-state index in [1.165, 1.54) is 0 Å². The third-order valence-corrected chi connectivity index (χ3v) is 2.69. The highest BCUT2D eigenvalue weighted by Gasteiger charge is 2.02. The second kappa shape index (κ2) is 5.60. The molecule has 0 spiro atoms. The largest absolute Gasteiger partial charge is 0.382 e. The van der Waals surface area contributed by atoms with E-state index in [2.05, 4.69) is 16.1 Å². The van der Waals surface area contributed by atoms with Gasteiger partial charge in [-0.3, -0.25) is 10.4 Å². The Balaban J connectivity index is 2.66. The summed E-state index contributed by atoms with van der Waals surface area (Å²) in [6.07, 6.45) is 3.84. The molecule has 0 fully saturated rings. The normalized spacial score (nSPS) is 10.0. The van der Waals surface area contributed by atoms with Gasteiger partial charge in [0.05, 0.1) is 11.9 Å². The zero-order valence-corrected chi connectivity index (χ0v) is 9.84. The van der Waals surface area contributed by atoms with Gasteiger partial charge in [0, 0.05) is 19.3 Å². The lowest BCUT2D eigenvalue weighted by atomic mass is 10.3. The molecule has 0 bridgehead atoms. The Hall–Kier alpha value is -1.23. The number of nitrogens with zero attached hydrogens (tertiary/aromatic N) is 2. The van der Waals surface area contributed by atoms with Gasteiger partial charge < -0.3 is 10.6 Å². The maximum Gasteiger partial charge on any atom is 0.141 e. The molecule has 0 aliphatic carbocycles. The van der Waals surface area contributed by atoms with Gasteiger partial charge in [-0.2, -0.15) is 11.8 Å². The minimum Gasteiger partial charge on any atom is -0.382 e. The van der Waals surface area contributed by atoms with Gasteiger partial charge in [-0.05, 0) is 18.4 Å². The standard InChI is InChI=1S/C10H16N4S/c1-14(5-6-15-2)8-3-4-9(10(11)12)13-7-8/h3-4,7H,5-6H2,1-2H3,(H3,11,12). The SMILES string of the molecule is CSCCN(C)c1ccc(C(=N)N)nc1. The van der Waals surface area contributed by atoms with E-state index in [1.54, 1.807) is 12.3 Å². The van der Waals surface area contributed by atoms with Crippen LogP contribution < -0.4 is 10.6 Å². The Morgan fingerprint density at radius 1 is 1.60 bits per heavy atom. The third-order valence-electron chi connectivity index (χ3n) is 2.10. The van der Waals surface area contributed by atoms with Gasteiger partial charge in [0.1, 0.15) is 11.5 Å². The van der Waals surface area contributed by atoms with Crippen LogP contribution in [0.5, 0.6) is 0 Å². The zero-order chi connectivity index (χ0) is 11.3. The van der Waals surface area contributed by atoms with E-state index in [4.69, 9.17) is 11.1 Å². The molecular formula is C10H16N4S. The number of nitrogens with one attached hydrogen (secondary N) is 1. The monoisotopic (exact) mass is 224 g/mol. The summed E-state index contributed by atoms with van der Waals surface area (Å²) in [5.74, 6) is 1.10. The molecule has 1 rings (SSSR count). The van der Waals surface area contributed by atoms with Crippen LogP contribution in [0, 0.1) is 5.41 Å². The molecule has 0 aliphatic heterocycles. The van der Waals surface area contributed by atoms with Crippen molar-refractivity contribution in [3.05, 3.63) is 24.0 Å². The molecule has 0 atom stereocenters. The van der Waals surface area contributed by atoms with Crippen LogP contribution in [0.1, 0.15) is 5.69 Å². The molecule has 3 N–H and O–H groups in total. The first kappa shape index (κ1) is 11.8. The van der Waals surface area contributed by atoms with Crippen molar-refractivity contribution in [2.45, 2.75) is 0 Å². The number of aromatic nitrogens is 1. The molecule has 5 heteroatoms. The molecule has 15 heavy (non-hydrogen) atoms. The molecule has 0 unspecified atom stereocenters. The lowest BCUT2D eigenvalue weighted by Gasteiger charge is -2.18. The van der Waals surface area contributed by atoms with Crippen LogP contribution in [0.4, 0.5) is 5.69 Å². The van der Waals surface area contributed by atoms with E-state index in [-0.39, 0.29) is 5.84 Å². The fourth-order valence-corrected chi connectivity index (χ4v) is 1.58. The molecule has 0 saturated carbocycles. The molecule has 0 aliphatic rings. The minimum atomic E-state index is 0.00770. The molecule has 1 aromatic rings. The number of anilines is 1. The summed E-state index contributed by atoms with van der Waals surface area (Å²) >= 11 is 1.82. The smallest absolute Gasteiger partial charge is 0.141 e. The minimum absolute atomic E-state index is 0.00770. The van der Waals surface area contributed by atoms with Crippen LogP contribution in [0.15, 0.2) is 18.3 Å². The van der Waals surface area contributed by atoms with E-state index in [1.807, 2.05) is 24.9 Å². The fraction of sp³-hybridized carbons (Fsp3) is 0.400. The van der Waals surface area contributed by atoms with Gasteiger partial charge in [0.15, 0.2) is 0 Å². The Kier molecular flexibility index (Phi) is 4.42. The Morgan fingerprint density at radius 3 is 2.80 bits per heavy atom. The summed E-state index contributed by atoms with van der Waals surface area (Å²) in [5, 5.41) is 7.22. The summed E-state index contributed by atoms with van der Waals surface area (Å²) in [6.45, 7) is 0.988. The van der Waals surface area contributed by atoms with Gasteiger partial charge in [-0.1, -0.05) is 0 Å². The number of hydrogen-bond acceptors (Lipinski definition) is 4. The number of hydrogen-bond donors (Lipinski definition) is 2. The summed E-state index contributed by atoms with van der Waals surface area (Å²) in [6, 6.07) is 3.71. The molecular weight excluding hydrogens is 208 g/mol. The number of pyridine rings is 1. The second-order valence-electron chi connectivity index (χ2n) is 3.23. The van der Waals surface area contributed by atoms with Crippen molar-refractivity contribution in [3.8, 4) is 0 Å². The van der Waals surface area contributed by atoms with Crippen molar-refractivity contribution in [3.63, 3.8) is 0 Å². The lowest BCUT2D eigenvalue weighted by molar-refractivity contribution is 0.970. The van der Waals surface area contributed by atoms with Crippen LogP contribution in [-0.4, -0.2) is 36.4 Å². The van der Waals surface area contributed by atoms with E-state index in [0.717, 1.165) is 18.0 Å². The molecule has 4 nitrogen and oxygen atoms in total. The van der Waals surface area contributed by atoms with Crippen molar-refractivity contribution in [1.82, 2.24) is 4.98 Å². The summed E-state index contributed by atoms with van der Waals surface area (Å²) < 4.78 is 0. The second-order valence-corrected chi connectivity index (χ2v) is 4.22. The molecule has 0 aromatic carbocycles. The summed E-state index contributed by atoms with van der Waals surface area (Å²) in [4.78, 5) is 6.24. The average molecular weight is 224 g/mol. The van der Waals surface area contributed by atoms with E-state index < -0.39 is 0 Å². The Labute approximate surface area is 94.4 Å². The van der Waals surface area contributed by atoms with Crippen LogP contribution in [0.3, 0.4) is 0 Å². The number of nitrogens with two attached hydrogens (primary N) is 1. The van der Waals surface area contributed by atoms with E-state index >= 15 is 0 Å². The maximum atomic E-state index is 7.22. The predicted molar refractivity (Wildman–Crippen MR) is 66.9 cm³/mol. The Morgan fingerprint density at radius 2 is 2.33 bits per heavy atom. The highest BCUT2D eigenvalue weighted by molar-refractivity contribution is 7.98. The summed E-state index contributed by atoms with van der Waals surface area (Å²) in [7, 11) is 2.03. The van der Waals surface area contributed by atoms with Crippen LogP contribution in [0.2, 0.25) is 0 Å². The predicted octanol–water partition coefficient (Wildman–Crippen LogP) is 1.16. The molecule has 82 valence electrons. The highest BCUT2D eigenvalue weighted by Crippen LogP contribution is 2.11. The van der Waals surface area contributed by atoms with Crippen LogP contribution >= 0.6 is 11.8 Å². The molecule has 0 radical (unpaired) electrons. The highest BCUT2D eigenvalue weighted by atomic mass is 32.2. The summed E-state index contributed by atoms with van der Waals surface area (Å²) in [5.41, 5.74) is 6.90. The number of amidine groups is 1. The van der Waals surface area contributed by atoms with Gasteiger partial charge in [-0.15, -0.1) is 0 Å². The average Bonchev–Trinajstić information content (AvgIpc) is 2.26. The third kappa shape index (κ3) is 3.43. The van der Waals surface area contributed by atoms with Crippen LogP contribution in [-0.2, 0) is 0 Å². The van der Waals surface area contributed by atoms with Gasteiger partial charge in [0.2, 0.25) is 0 Å². The molecule has 1 aromatic heterocycles. The van der Waals surface area contributed by atoms with Gasteiger partial charge in [0.25, 0.3) is 0 Å². The topological polar surface area (TPSA) is 66.0 Å². The van der Waals surface area contributed by atoms with Crippen molar-refractivity contribution in [2.75, 3.05) is 30.5 Å². The first-order valence-corrected chi connectivity index (χ1v) is 6.05. The van der Waals surface area contributed by atoms with Crippen molar-refractivity contribution in [1.29, 1.82) is 5.41 Å². The number of thioether (sulfide) groups is 1. The zero-order valence-electron chi connectivity index (χ0n) is 9.03. The van der Waals surface area contributed by atoms with Crippen LogP contribution in [0.25, 0.3) is 0 Å². The Bertz CT molecular complexity index is 323. The van der Waals surface area contributed by atoms with Gasteiger partial charge in [-0.25, -0.2) is 0 Å². The lowest BCUT2D eigenvalue weighted by Crippen LogP contribution is -2.21. The number of nitrogen functional groups attached to an aromatic ring is 1. The molecule has 0 amide bonds. The van der Waals surface area contributed by atoms with Crippen molar-refractivity contribution in [2.24, 2.45) is 5.73 Å². The first-order chi connectivity index (χ1) is 7.15. The van der Waals surface area contributed by atoms with Crippen molar-refractivity contribution >= 4 is 23.3 Å². The number of rotatable bonds is 5. The van der Waals surface area contributed by atoms with E-state index in [0.29, 0.717) is 5.69 Å². The van der Waals surface area contributed by atoms with Crippen molar-refractivity contribution < 1.29 is 0 Å². The first-order valence-electron chi connectivity index (χ1n) is 4.65. The maximum absolute atomic E-state index is 7.22. The molecule has 1 heterocycles. The van der Waals surface area contributed by atoms with E-state index in [9.17, 15) is 0 Å². The molecule has 0 saturated heterocycles.